The van der Waals surface area contributed by atoms with Gasteiger partial charge in [0.1, 0.15) is 5.82 Å². The molecule has 62 valence electrons. The molecule has 11 heavy (non-hydrogen) atoms. The Morgan fingerprint density at radius 1 is 1.73 bits per heavy atom. The molecule has 0 radical (unpaired) electrons. The minimum atomic E-state index is -0.299. The van der Waals surface area contributed by atoms with Gasteiger partial charge in [0.15, 0.2) is 0 Å². The summed E-state index contributed by atoms with van der Waals surface area (Å²) in [6, 6.07) is -0.154. The van der Waals surface area contributed by atoms with E-state index in [0.717, 1.165) is 12.8 Å². The van der Waals surface area contributed by atoms with Crippen LogP contribution in [0.15, 0.2) is 4.79 Å². The van der Waals surface area contributed by atoms with E-state index in [4.69, 9.17) is 5.73 Å². The largest absolute Gasteiger partial charge is 0.340 e. The molecule has 0 aliphatic rings. The van der Waals surface area contributed by atoms with Crippen molar-refractivity contribution in [3.8, 4) is 0 Å². The van der Waals surface area contributed by atoms with E-state index in [2.05, 4.69) is 15.2 Å². The van der Waals surface area contributed by atoms with Crippen LogP contribution in [0, 0.1) is 0 Å². The molecule has 1 aromatic heterocycles. The van der Waals surface area contributed by atoms with Gasteiger partial charge in [0.2, 0.25) is 0 Å². The maximum Gasteiger partial charge on any atom is 0.340 e. The van der Waals surface area contributed by atoms with Crippen molar-refractivity contribution in [3.05, 3.63) is 16.3 Å². The zero-order valence-electron chi connectivity index (χ0n) is 6.42. The minimum Gasteiger partial charge on any atom is -0.321 e. The molecule has 1 rings (SSSR count). The quantitative estimate of drug-likeness (QED) is 0.571. The number of nitrogens with zero attached hydrogens (tertiary/aromatic N) is 1. The molecule has 1 atom stereocenters. The molecule has 1 aromatic rings. The lowest BCUT2D eigenvalue weighted by atomic mass is 10.2. The van der Waals surface area contributed by atoms with Crippen LogP contribution in [0.5, 0.6) is 0 Å². The van der Waals surface area contributed by atoms with Crippen LogP contribution in [-0.2, 0) is 0 Å². The van der Waals surface area contributed by atoms with Gasteiger partial charge in [-0.05, 0) is 6.42 Å². The number of aromatic amines is 2. The van der Waals surface area contributed by atoms with Crippen molar-refractivity contribution in [2.75, 3.05) is 0 Å². The Morgan fingerprint density at radius 3 is 2.91 bits per heavy atom. The van der Waals surface area contributed by atoms with Crippen molar-refractivity contribution in [1.82, 2.24) is 15.2 Å². The second-order valence-corrected chi connectivity index (χ2v) is 2.46. The first-order valence-electron chi connectivity index (χ1n) is 3.64. The van der Waals surface area contributed by atoms with Gasteiger partial charge in [0, 0.05) is 0 Å². The van der Waals surface area contributed by atoms with Gasteiger partial charge in [-0.25, -0.2) is 9.89 Å². The summed E-state index contributed by atoms with van der Waals surface area (Å²) in [5.41, 5.74) is 5.37. The normalized spacial score (nSPS) is 13.3. The maximum atomic E-state index is 10.6. The Kier molecular flexibility index (Phi) is 2.43. The molecule has 0 amide bonds. The molecule has 0 bridgehead atoms. The lowest BCUT2D eigenvalue weighted by Gasteiger charge is -2.03. The van der Waals surface area contributed by atoms with Gasteiger partial charge in [-0.15, -0.1) is 0 Å². The Labute approximate surface area is 64.0 Å². The zero-order chi connectivity index (χ0) is 8.27. The van der Waals surface area contributed by atoms with Gasteiger partial charge in [0.25, 0.3) is 0 Å². The van der Waals surface area contributed by atoms with Crippen LogP contribution in [0.4, 0.5) is 0 Å². The molecule has 0 aliphatic heterocycles. The maximum absolute atomic E-state index is 10.6. The summed E-state index contributed by atoms with van der Waals surface area (Å²) in [4.78, 5) is 13.1. The van der Waals surface area contributed by atoms with Crippen LogP contribution in [-0.4, -0.2) is 15.2 Å². The minimum absolute atomic E-state index is 0.154. The Bertz CT molecular complexity index is 264. The highest BCUT2D eigenvalue weighted by Gasteiger charge is 2.07. The molecule has 0 saturated carbocycles. The summed E-state index contributed by atoms with van der Waals surface area (Å²) >= 11 is 0. The first-order valence-corrected chi connectivity index (χ1v) is 3.64. The third-order valence-corrected chi connectivity index (χ3v) is 1.47. The molecule has 0 saturated heterocycles. The molecule has 0 unspecified atom stereocenters. The molecule has 1 heterocycles. The van der Waals surface area contributed by atoms with Crippen LogP contribution < -0.4 is 11.4 Å². The Balaban J connectivity index is 2.68. The number of H-pyrrole nitrogens is 2. The topological polar surface area (TPSA) is 87.6 Å². The van der Waals surface area contributed by atoms with E-state index in [0.29, 0.717) is 5.82 Å². The Morgan fingerprint density at radius 2 is 2.45 bits per heavy atom. The number of hydrogen-bond donors (Lipinski definition) is 3. The lowest BCUT2D eigenvalue weighted by Crippen LogP contribution is -2.12. The number of aromatic nitrogens is 3. The standard InChI is InChI=1S/C6H12N4O/c1-2-3-4(7)5-8-6(11)10-9-5/h4H,2-3,7H2,1H3,(H2,8,9,10,11)/t4-/m1/s1. The summed E-state index contributed by atoms with van der Waals surface area (Å²) in [5.74, 6) is 0.539. The van der Waals surface area contributed by atoms with Crippen LogP contribution in [0.2, 0.25) is 0 Å². The van der Waals surface area contributed by atoms with Gasteiger partial charge in [-0.2, -0.15) is 5.10 Å². The van der Waals surface area contributed by atoms with Gasteiger partial charge in [0.05, 0.1) is 6.04 Å². The zero-order valence-corrected chi connectivity index (χ0v) is 6.42. The molecule has 4 N–H and O–H groups in total. The first-order chi connectivity index (χ1) is 5.24. The van der Waals surface area contributed by atoms with E-state index < -0.39 is 0 Å². The highest BCUT2D eigenvalue weighted by molar-refractivity contribution is 4.88. The van der Waals surface area contributed by atoms with Crippen LogP contribution in [0.3, 0.4) is 0 Å². The third kappa shape index (κ3) is 1.91. The molecule has 0 aromatic carbocycles. The average Bonchev–Trinajstić information content (AvgIpc) is 2.36. The highest BCUT2D eigenvalue weighted by Crippen LogP contribution is 2.07. The molecule has 0 fully saturated rings. The summed E-state index contributed by atoms with van der Waals surface area (Å²) < 4.78 is 0. The monoisotopic (exact) mass is 156 g/mol. The fourth-order valence-corrected chi connectivity index (χ4v) is 0.907. The molecular formula is C6H12N4O. The van der Waals surface area contributed by atoms with E-state index in [1.165, 1.54) is 0 Å². The molecular weight excluding hydrogens is 144 g/mol. The van der Waals surface area contributed by atoms with Crippen molar-refractivity contribution in [3.63, 3.8) is 0 Å². The fraction of sp³-hybridized carbons (Fsp3) is 0.667. The van der Waals surface area contributed by atoms with Crippen molar-refractivity contribution >= 4 is 0 Å². The van der Waals surface area contributed by atoms with E-state index in [1.54, 1.807) is 0 Å². The highest BCUT2D eigenvalue weighted by atomic mass is 16.1. The van der Waals surface area contributed by atoms with Gasteiger partial charge >= 0.3 is 5.69 Å². The predicted octanol–water partition coefficient (Wildman–Crippen LogP) is -0.102. The third-order valence-electron chi connectivity index (χ3n) is 1.47. The van der Waals surface area contributed by atoms with Crippen molar-refractivity contribution in [2.24, 2.45) is 5.73 Å². The fourth-order valence-electron chi connectivity index (χ4n) is 0.907. The van der Waals surface area contributed by atoms with Gasteiger partial charge in [-0.1, -0.05) is 13.3 Å². The molecule has 5 nitrogen and oxygen atoms in total. The summed E-state index contributed by atoms with van der Waals surface area (Å²) in [6.45, 7) is 2.03. The second kappa shape index (κ2) is 3.34. The van der Waals surface area contributed by atoms with E-state index in [-0.39, 0.29) is 11.7 Å². The van der Waals surface area contributed by atoms with Crippen LogP contribution in [0.1, 0.15) is 31.6 Å². The second-order valence-electron chi connectivity index (χ2n) is 2.46. The first kappa shape index (κ1) is 8.00. The number of nitrogens with two attached hydrogens (primary N) is 1. The van der Waals surface area contributed by atoms with Gasteiger partial charge in [-0.3, -0.25) is 4.98 Å². The summed E-state index contributed by atoms with van der Waals surface area (Å²) in [7, 11) is 0. The SMILES string of the molecule is CCC[C@@H](N)c1n[nH]c(=O)[nH]1. The van der Waals surface area contributed by atoms with Crippen molar-refractivity contribution in [2.45, 2.75) is 25.8 Å². The smallest absolute Gasteiger partial charge is 0.321 e. The van der Waals surface area contributed by atoms with E-state index >= 15 is 0 Å². The van der Waals surface area contributed by atoms with E-state index in [1.807, 2.05) is 6.92 Å². The van der Waals surface area contributed by atoms with Crippen LogP contribution in [0.25, 0.3) is 0 Å². The van der Waals surface area contributed by atoms with Crippen molar-refractivity contribution in [1.29, 1.82) is 0 Å². The predicted molar refractivity (Wildman–Crippen MR) is 41.0 cm³/mol. The van der Waals surface area contributed by atoms with Crippen LogP contribution >= 0.6 is 0 Å². The molecule has 0 spiro atoms. The molecule has 5 heteroatoms. The van der Waals surface area contributed by atoms with Crippen molar-refractivity contribution < 1.29 is 0 Å². The Hall–Kier alpha value is -1.10. The average molecular weight is 156 g/mol. The van der Waals surface area contributed by atoms with E-state index in [9.17, 15) is 4.79 Å². The van der Waals surface area contributed by atoms with Gasteiger partial charge < -0.3 is 5.73 Å². The number of hydrogen-bond acceptors (Lipinski definition) is 3. The lowest BCUT2D eigenvalue weighted by molar-refractivity contribution is 0.604. The summed E-state index contributed by atoms with van der Waals surface area (Å²) in [6.07, 6.45) is 1.82. The number of rotatable bonds is 3. The number of nitrogens with one attached hydrogen (secondary N) is 2. The summed E-state index contributed by atoms with van der Waals surface area (Å²) in [5, 5.41) is 5.98. The molecule has 0 aliphatic carbocycles.